The predicted molar refractivity (Wildman–Crippen MR) is 123 cm³/mol. The van der Waals surface area contributed by atoms with Gasteiger partial charge in [-0.2, -0.15) is 8.42 Å². The van der Waals surface area contributed by atoms with Gasteiger partial charge in [-0.1, -0.05) is 49.6 Å². The number of allylic oxidation sites excluding steroid dienone is 1. The quantitative estimate of drug-likeness (QED) is 0.524. The van der Waals surface area contributed by atoms with E-state index in [0.717, 1.165) is 32.1 Å². The first-order valence-corrected chi connectivity index (χ1v) is 12.5. The number of aliphatic hydroxyl groups excluding tert-OH is 1. The Bertz CT molecular complexity index is 1230. The fraction of sp³-hybridized carbons (Fsp3) is 0.375. The van der Waals surface area contributed by atoms with Crippen molar-refractivity contribution in [1.29, 1.82) is 0 Å². The number of hydrogen-bond acceptors (Lipinski definition) is 6. The van der Waals surface area contributed by atoms with Crippen LogP contribution in [0.15, 0.2) is 47.1 Å². The van der Waals surface area contributed by atoms with Crippen LogP contribution < -0.4 is 5.32 Å². The SMILES string of the molecule is Cc1cc(C)c2c(n1)S(=O)(=O)N(CC(=O)NC1CCCCC1)/C(=C(/O)c1ccccc1)C2=O. The second-order valence-electron chi connectivity index (χ2n) is 8.57. The Hall–Kier alpha value is -3.20. The van der Waals surface area contributed by atoms with Gasteiger partial charge in [0.25, 0.3) is 10.0 Å². The molecule has 1 aromatic carbocycles. The van der Waals surface area contributed by atoms with Crippen molar-refractivity contribution in [3.8, 4) is 0 Å². The minimum absolute atomic E-state index is 0.0282. The molecule has 0 saturated heterocycles. The Balaban J connectivity index is 1.83. The summed E-state index contributed by atoms with van der Waals surface area (Å²) in [6.07, 6.45) is 4.78. The van der Waals surface area contributed by atoms with Crippen LogP contribution in [0.1, 0.15) is 59.3 Å². The average Bonchev–Trinajstić information content (AvgIpc) is 2.78. The van der Waals surface area contributed by atoms with E-state index in [9.17, 15) is 23.1 Å². The van der Waals surface area contributed by atoms with E-state index in [1.165, 1.54) is 0 Å². The standard InChI is InChI=1S/C24H27N3O5S/c1-15-13-16(2)25-24-20(15)23(30)21(22(29)17-9-5-3-6-10-17)27(33(24,31)32)14-19(28)26-18-11-7-4-8-12-18/h3,5-6,9-10,13,18,29H,4,7-8,11-12,14H2,1-2H3,(H,26,28)/b22-21+. The van der Waals surface area contributed by atoms with Crippen molar-refractivity contribution in [1.82, 2.24) is 14.6 Å². The minimum Gasteiger partial charge on any atom is -0.505 e. The third-order valence-corrected chi connectivity index (χ3v) is 7.74. The number of amides is 1. The fourth-order valence-electron chi connectivity index (χ4n) is 4.49. The first kappa shape index (κ1) is 23.0. The predicted octanol–water partition coefficient (Wildman–Crippen LogP) is 3.26. The maximum atomic E-state index is 13.6. The van der Waals surface area contributed by atoms with Gasteiger partial charge in [-0.25, -0.2) is 9.29 Å². The number of rotatable bonds is 4. The lowest BCUT2D eigenvalue weighted by atomic mass is 9.95. The summed E-state index contributed by atoms with van der Waals surface area (Å²) in [5.74, 6) is -1.71. The molecule has 0 atom stereocenters. The number of aliphatic hydroxyl groups is 1. The van der Waals surface area contributed by atoms with Crippen molar-refractivity contribution < 1.29 is 23.1 Å². The van der Waals surface area contributed by atoms with Crippen LogP contribution in [0, 0.1) is 13.8 Å². The molecule has 2 aliphatic rings. The zero-order valence-corrected chi connectivity index (χ0v) is 19.5. The summed E-state index contributed by atoms with van der Waals surface area (Å²) in [6.45, 7) is 2.65. The fourth-order valence-corrected chi connectivity index (χ4v) is 6.17. The molecule has 1 saturated carbocycles. The highest BCUT2D eigenvalue weighted by atomic mass is 32.2. The molecule has 1 fully saturated rings. The summed E-state index contributed by atoms with van der Waals surface area (Å²) in [7, 11) is -4.38. The minimum atomic E-state index is -4.38. The Labute approximate surface area is 193 Å². The first-order chi connectivity index (χ1) is 15.7. The van der Waals surface area contributed by atoms with E-state index in [0.29, 0.717) is 15.6 Å². The summed E-state index contributed by atoms with van der Waals surface area (Å²) in [5, 5.41) is 13.5. The lowest BCUT2D eigenvalue weighted by Gasteiger charge is -2.32. The number of hydrogen-bond donors (Lipinski definition) is 2. The van der Waals surface area contributed by atoms with E-state index in [1.54, 1.807) is 50.2 Å². The van der Waals surface area contributed by atoms with Gasteiger partial charge in [0, 0.05) is 17.3 Å². The van der Waals surface area contributed by atoms with E-state index >= 15 is 0 Å². The van der Waals surface area contributed by atoms with Crippen LogP contribution in [0.2, 0.25) is 0 Å². The maximum absolute atomic E-state index is 13.6. The van der Waals surface area contributed by atoms with Crippen molar-refractivity contribution >= 4 is 27.5 Å². The molecular weight excluding hydrogens is 442 g/mol. The summed E-state index contributed by atoms with van der Waals surface area (Å²) in [4.78, 5) is 30.5. The highest BCUT2D eigenvalue weighted by Crippen LogP contribution is 2.36. The van der Waals surface area contributed by atoms with Crippen LogP contribution in [0.4, 0.5) is 0 Å². The molecule has 0 spiro atoms. The monoisotopic (exact) mass is 469 g/mol. The summed E-state index contributed by atoms with van der Waals surface area (Å²) < 4.78 is 27.9. The second kappa shape index (κ2) is 8.97. The first-order valence-electron chi connectivity index (χ1n) is 11.0. The van der Waals surface area contributed by atoms with Crippen LogP contribution >= 0.6 is 0 Å². The number of pyridine rings is 1. The average molecular weight is 470 g/mol. The number of ketones is 1. The molecule has 2 aromatic rings. The van der Waals surface area contributed by atoms with Gasteiger partial charge in [0.15, 0.2) is 10.8 Å². The van der Waals surface area contributed by atoms with Crippen molar-refractivity contribution in [2.45, 2.75) is 57.0 Å². The molecule has 8 nitrogen and oxygen atoms in total. The molecule has 1 aliphatic carbocycles. The third-order valence-electron chi connectivity index (χ3n) is 6.07. The molecule has 1 amide bonds. The normalized spacial score (nSPS) is 19.7. The van der Waals surface area contributed by atoms with Crippen LogP contribution in [0.3, 0.4) is 0 Å². The Morgan fingerprint density at radius 1 is 1.15 bits per heavy atom. The molecule has 9 heteroatoms. The van der Waals surface area contributed by atoms with Crippen molar-refractivity contribution in [3.05, 3.63) is 64.5 Å². The number of nitrogens with zero attached hydrogens (tertiary/aromatic N) is 2. The molecule has 0 radical (unpaired) electrons. The lowest BCUT2D eigenvalue weighted by Crippen LogP contribution is -2.48. The van der Waals surface area contributed by atoms with Gasteiger partial charge in [-0.15, -0.1) is 0 Å². The molecular formula is C24H27N3O5S. The van der Waals surface area contributed by atoms with Gasteiger partial charge in [-0.3, -0.25) is 9.59 Å². The van der Waals surface area contributed by atoms with E-state index in [-0.39, 0.29) is 22.2 Å². The zero-order chi connectivity index (χ0) is 23.8. The summed E-state index contributed by atoms with van der Waals surface area (Å²) in [5.41, 5.74) is 0.628. The molecule has 0 unspecified atom stereocenters. The molecule has 1 aromatic heterocycles. The van der Waals surface area contributed by atoms with Crippen molar-refractivity contribution in [2.24, 2.45) is 0 Å². The highest BCUT2D eigenvalue weighted by molar-refractivity contribution is 7.89. The van der Waals surface area contributed by atoms with E-state index in [4.69, 9.17) is 0 Å². The van der Waals surface area contributed by atoms with Gasteiger partial charge in [0.1, 0.15) is 12.2 Å². The summed E-state index contributed by atoms with van der Waals surface area (Å²) in [6, 6.07) is 9.80. The number of nitrogens with one attached hydrogen (secondary N) is 1. The number of benzene rings is 1. The van der Waals surface area contributed by atoms with E-state index in [1.807, 2.05) is 0 Å². The largest absolute Gasteiger partial charge is 0.505 e. The molecule has 2 heterocycles. The number of aryl methyl sites for hydroxylation is 2. The number of aromatic nitrogens is 1. The van der Waals surface area contributed by atoms with Crippen molar-refractivity contribution in [3.63, 3.8) is 0 Å². The van der Waals surface area contributed by atoms with Gasteiger partial charge in [0.05, 0.1) is 5.56 Å². The number of fused-ring (bicyclic) bond motifs is 1. The Morgan fingerprint density at radius 2 is 1.82 bits per heavy atom. The maximum Gasteiger partial charge on any atom is 0.283 e. The second-order valence-corrected chi connectivity index (χ2v) is 10.3. The number of carbonyl (C=O) groups is 2. The van der Waals surface area contributed by atoms with Gasteiger partial charge in [0.2, 0.25) is 11.7 Å². The number of sulfonamides is 1. The summed E-state index contributed by atoms with van der Waals surface area (Å²) >= 11 is 0. The molecule has 4 rings (SSSR count). The van der Waals surface area contributed by atoms with Crippen LogP contribution in [-0.4, -0.2) is 47.1 Å². The molecule has 0 bridgehead atoms. The highest BCUT2D eigenvalue weighted by Gasteiger charge is 2.44. The third kappa shape index (κ3) is 4.37. The topological polar surface area (TPSA) is 117 Å². The van der Waals surface area contributed by atoms with Crippen LogP contribution in [-0.2, 0) is 14.8 Å². The molecule has 33 heavy (non-hydrogen) atoms. The van der Waals surface area contributed by atoms with Crippen molar-refractivity contribution in [2.75, 3.05) is 6.54 Å². The molecule has 174 valence electrons. The van der Waals surface area contributed by atoms with Gasteiger partial charge in [-0.05, 0) is 38.3 Å². The number of Topliss-reactive ketones (excluding diaryl/α,β-unsaturated/α-hetero) is 1. The molecule has 2 N–H and O–H groups in total. The van der Waals surface area contributed by atoms with Gasteiger partial charge < -0.3 is 10.4 Å². The molecule has 1 aliphatic heterocycles. The lowest BCUT2D eigenvalue weighted by molar-refractivity contribution is -0.121. The number of carbonyl (C=O) groups excluding carboxylic acids is 2. The Kier molecular flexibility index (Phi) is 6.25. The van der Waals surface area contributed by atoms with Crippen LogP contribution in [0.25, 0.3) is 5.76 Å². The zero-order valence-electron chi connectivity index (χ0n) is 18.7. The smallest absolute Gasteiger partial charge is 0.283 e. The van der Waals surface area contributed by atoms with E-state index in [2.05, 4.69) is 10.3 Å². The van der Waals surface area contributed by atoms with Gasteiger partial charge >= 0.3 is 0 Å². The Morgan fingerprint density at radius 3 is 2.48 bits per heavy atom. The van der Waals surface area contributed by atoms with Crippen LogP contribution in [0.5, 0.6) is 0 Å². The van der Waals surface area contributed by atoms with E-state index < -0.39 is 39.7 Å².